The Bertz CT molecular complexity index is 1310. The molecule has 31 heavy (non-hydrogen) atoms. The van der Waals surface area contributed by atoms with Gasteiger partial charge in [-0.3, -0.25) is 4.68 Å². The van der Waals surface area contributed by atoms with E-state index in [1.54, 1.807) is 31.4 Å². The molecular weight excluding hydrogens is 400 g/mol. The van der Waals surface area contributed by atoms with E-state index in [1.165, 1.54) is 10.7 Å². The molecule has 1 fully saturated rings. The summed E-state index contributed by atoms with van der Waals surface area (Å²) in [7, 11) is 1.68. The summed E-state index contributed by atoms with van der Waals surface area (Å²) >= 11 is 0. The number of aromatic nitrogens is 3. The highest BCUT2D eigenvalue weighted by Gasteiger charge is 2.23. The molecule has 160 valence electrons. The second-order valence-electron chi connectivity index (χ2n) is 8.40. The number of pyridine rings is 1. The summed E-state index contributed by atoms with van der Waals surface area (Å²) in [6.07, 6.45) is 1.66. The van der Waals surface area contributed by atoms with E-state index in [1.807, 2.05) is 6.07 Å². The molecule has 2 N–H and O–H groups in total. The van der Waals surface area contributed by atoms with E-state index in [2.05, 4.69) is 34.1 Å². The Labute approximate surface area is 178 Å². The van der Waals surface area contributed by atoms with Gasteiger partial charge in [-0.2, -0.15) is 5.10 Å². The summed E-state index contributed by atoms with van der Waals surface area (Å²) in [4.78, 5) is 6.58. The van der Waals surface area contributed by atoms with Crippen LogP contribution in [0.25, 0.3) is 33.1 Å². The molecule has 3 heterocycles. The third-order valence-corrected chi connectivity index (χ3v) is 5.76. The maximum absolute atomic E-state index is 15.1. The lowest BCUT2D eigenvalue weighted by Gasteiger charge is -2.37. The van der Waals surface area contributed by atoms with E-state index in [4.69, 9.17) is 0 Å². The summed E-state index contributed by atoms with van der Waals surface area (Å²) in [5.41, 5.74) is 1.58. The summed E-state index contributed by atoms with van der Waals surface area (Å²) < 4.78 is 31.2. The number of rotatable bonds is 2. The van der Waals surface area contributed by atoms with Gasteiger partial charge < -0.3 is 15.3 Å². The van der Waals surface area contributed by atoms with Gasteiger partial charge in [-0.25, -0.2) is 13.8 Å². The molecule has 6 nitrogen and oxygen atoms in total. The third kappa shape index (κ3) is 3.37. The van der Waals surface area contributed by atoms with Crippen LogP contribution in [-0.4, -0.2) is 45.0 Å². The van der Waals surface area contributed by atoms with Crippen molar-refractivity contribution in [3.05, 3.63) is 48.2 Å². The van der Waals surface area contributed by atoms with Gasteiger partial charge in [0.25, 0.3) is 0 Å². The highest BCUT2D eigenvalue weighted by molar-refractivity contribution is 5.90. The number of fused-ring (bicyclic) bond motifs is 2. The van der Waals surface area contributed by atoms with Gasteiger partial charge in [-0.05, 0) is 38.1 Å². The molecule has 2 aromatic carbocycles. The number of hydrogen-bond donors (Lipinski definition) is 2. The molecular formula is C23H23F2N5O. The Balaban J connectivity index is 1.59. The van der Waals surface area contributed by atoms with Crippen LogP contribution in [-0.2, 0) is 7.05 Å². The van der Waals surface area contributed by atoms with Crippen LogP contribution in [0, 0.1) is 11.6 Å². The number of phenolic OH excluding ortho intramolecular Hbond substituents is 1. The highest BCUT2D eigenvalue weighted by atomic mass is 19.1. The first-order valence-electron chi connectivity index (χ1n) is 10.3. The zero-order chi connectivity index (χ0) is 21.9. The highest BCUT2D eigenvalue weighted by Crippen LogP contribution is 2.36. The van der Waals surface area contributed by atoms with Crippen LogP contribution in [0.3, 0.4) is 0 Å². The Hall–Kier alpha value is -3.26. The number of nitrogens with zero attached hydrogens (tertiary/aromatic N) is 4. The van der Waals surface area contributed by atoms with E-state index in [-0.39, 0.29) is 16.6 Å². The van der Waals surface area contributed by atoms with E-state index in [0.29, 0.717) is 28.6 Å². The molecule has 2 aromatic heterocycles. The number of benzene rings is 2. The first kappa shape index (κ1) is 19.7. The minimum Gasteiger partial charge on any atom is -0.504 e. The molecule has 4 aromatic rings. The lowest BCUT2D eigenvalue weighted by Crippen LogP contribution is -2.54. The van der Waals surface area contributed by atoms with Crippen molar-refractivity contribution in [3.8, 4) is 17.0 Å². The van der Waals surface area contributed by atoms with Crippen molar-refractivity contribution in [1.82, 2.24) is 20.1 Å². The number of aryl methyl sites for hydroxylation is 1. The largest absolute Gasteiger partial charge is 0.504 e. The summed E-state index contributed by atoms with van der Waals surface area (Å²) in [6, 6.07) is 9.07. The fourth-order valence-corrected chi connectivity index (χ4v) is 4.48. The normalized spacial score (nSPS) is 19.5. The van der Waals surface area contributed by atoms with Gasteiger partial charge in [0, 0.05) is 60.4 Å². The van der Waals surface area contributed by atoms with Crippen LogP contribution in [0.1, 0.15) is 13.8 Å². The van der Waals surface area contributed by atoms with E-state index < -0.39 is 17.4 Å². The van der Waals surface area contributed by atoms with Crippen LogP contribution >= 0.6 is 0 Å². The molecule has 0 spiro atoms. The molecule has 1 saturated heterocycles. The molecule has 1 aliphatic heterocycles. The fraction of sp³-hybridized carbons (Fsp3) is 0.304. The minimum absolute atomic E-state index is 0.0832. The summed E-state index contributed by atoms with van der Waals surface area (Å²) in [6.45, 7) is 5.80. The first-order chi connectivity index (χ1) is 14.8. The topological polar surface area (TPSA) is 66.2 Å². The van der Waals surface area contributed by atoms with Crippen molar-refractivity contribution in [1.29, 1.82) is 0 Å². The third-order valence-electron chi connectivity index (χ3n) is 5.76. The Morgan fingerprint density at radius 1 is 1.03 bits per heavy atom. The molecule has 8 heteroatoms. The van der Waals surface area contributed by atoms with Crippen molar-refractivity contribution in [2.24, 2.45) is 7.05 Å². The Morgan fingerprint density at radius 3 is 2.52 bits per heavy atom. The second-order valence-corrected chi connectivity index (χ2v) is 8.40. The summed E-state index contributed by atoms with van der Waals surface area (Å²) in [5, 5.41) is 19.1. The van der Waals surface area contributed by atoms with E-state index >= 15 is 4.39 Å². The smallest absolute Gasteiger partial charge is 0.193 e. The zero-order valence-electron chi connectivity index (χ0n) is 17.5. The fourth-order valence-electron chi connectivity index (χ4n) is 4.48. The van der Waals surface area contributed by atoms with Gasteiger partial charge in [-0.15, -0.1) is 0 Å². The SMILES string of the molecule is C[C@@H]1CN(c2cc(F)c3nc(-c4cc5cn(C)nc5c(F)c4O)ccc3c2)C[C@@H](C)N1. The molecule has 0 saturated carbocycles. The van der Waals surface area contributed by atoms with Gasteiger partial charge in [0.1, 0.15) is 11.0 Å². The molecule has 0 unspecified atom stereocenters. The average molecular weight is 423 g/mol. The zero-order valence-corrected chi connectivity index (χ0v) is 17.5. The van der Waals surface area contributed by atoms with Crippen molar-refractivity contribution in [3.63, 3.8) is 0 Å². The maximum Gasteiger partial charge on any atom is 0.193 e. The van der Waals surface area contributed by atoms with E-state index in [0.717, 1.165) is 18.8 Å². The molecule has 1 aliphatic rings. The van der Waals surface area contributed by atoms with Crippen molar-refractivity contribution >= 4 is 27.5 Å². The van der Waals surface area contributed by atoms with Gasteiger partial charge in [0.05, 0.1) is 5.69 Å². The van der Waals surface area contributed by atoms with Gasteiger partial charge in [0.15, 0.2) is 17.4 Å². The number of phenols is 1. The quantitative estimate of drug-likeness (QED) is 0.511. The molecule has 0 radical (unpaired) electrons. The lowest BCUT2D eigenvalue weighted by molar-refractivity contribution is 0.407. The molecule has 5 rings (SSSR count). The molecule has 0 bridgehead atoms. The predicted molar refractivity (Wildman–Crippen MR) is 117 cm³/mol. The van der Waals surface area contributed by atoms with E-state index in [9.17, 15) is 9.50 Å². The van der Waals surface area contributed by atoms with Crippen molar-refractivity contribution in [2.75, 3.05) is 18.0 Å². The molecule has 2 atom stereocenters. The Morgan fingerprint density at radius 2 is 1.77 bits per heavy atom. The number of halogens is 2. The van der Waals surface area contributed by atoms with Gasteiger partial charge in [0.2, 0.25) is 0 Å². The van der Waals surface area contributed by atoms with Crippen molar-refractivity contribution in [2.45, 2.75) is 25.9 Å². The molecule has 0 amide bonds. The number of nitrogens with one attached hydrogen (secondary N) is 1. The van der Waals surface area contributed by atoms with Gasteiger partial charge in [-0.1, -0.05) is 6.07 Å². The van der Waals surface area contributed by atoms with Crippen LogP contribution in [0.2, 0.25) is 0 Å². The van der Waals surface area contributed by atoms with Crippen LogP contribution in [0.4, 0.5) is 14.5 Å². The maximum atomic E-state index is 15.1. The van der Waals surface area contributed by atoms with Crippen LogP contribution in [0.15, 0.2) is 36.5 Å². The monoisotopic (exact) mass is 423 g/mol. The minimum atomic E-state index is -0.812. The van der Waals surface area contributed by atoms with Gasteiger partial charge >= 0.3 is 0 Å². The standard InChI is InChI=1S/C23H23F2N5O/c1-12-9-30(10-13(2)26-12)16-6-14-4-5-19(27-21(14)18(24)8-16)17-7-15-11-29(3)28-22(15)20(25)23(17)31/h4-8,11-13,26,31H,9-10H2,1-3H3/t12-,13-/m1/s1. The van der Waals surface area contributed by atoms with Crippen molar-refractivity contribution < 1.29 is 13.9 Å². The molecule has 0 aliphatic carbocycles. The number of piperazine rings is 1. The number of anilines is 1. The predicted octanol–water partition coefficient (Wildman–Crippen LogP) is 3.96. The number of aromatic hydroxyl groups is 1. The second kappa shape index (κ2) is 7.16. The average Bonchev–Trinajstić information content (AvgIpc) is 3.10. The van der Waals surface area contributed by atoms with Crippen LogP contribution < -0.4 is 10.2 Å². The number of hydrogen-bond acceptors (Lipinski definition) is 5. The van der Waals surface area contributed by atoms with Crippen LogP contribution in [0.5, 0.6) is 5.75 Å². The first-order valence-corrected chi connectivity index (χ1v) is 10.3. The Kier molecular flexibility index (Phi) is 4.55. The summed E-state index contributed by atoms with van der Waals surface area (Å²) in [5.74, 6) is -1.80. The lowest BCUT2D eigenvalue weighted by atomic mass is 10.0.